The maximum Gasteiger partial charge on any atom is 0.322 e. The Morgan fingerprint density at radius 3 is 2.46 bits per heavy atom. The molecule has 1 atom stereocenters. The summed E-state index contributed by atoms with van der Waals surface area (Å²) in [6, 6.07) is 12.9. The van der Waals surface area contributed by atoms with Crippen molar-refractivity contribution in [2.24, 2.45) is 0 Å². The lowest BCUT2D eigenvalue weighted by atomic mass is 10.1. The van der Waals surface area contributed by atoms with E-state index in [-0.39, 0.29) is 10.9 Å². The Kier molecular flexibility index (Phi) is 6.05. The molecule has 7 nitrogen and oxygen atoms in total. The summed E-state index contributed by atoms with van der Waals surface area (Å²) in [4.78, 5) is 24.3. The summed E-state index contributed by atoms with van der Waals surface area (Å²) in [5, 5.41) is 2.77. The largest absolute Gasteiger partial charge is 0.446 e. The van der Waals surface area contributed by atoms with Crippen molar-refractivity contribution in [3.8, 4) is 0 Å². The summed E-state index contributed by atoms with van der Waals surface area (Å²) in [5.41, 5.74) is 0.474. The molecule has 28 heavy (non-hydrogen) atoms. The van der Waals surface area contributed by atoms with Gasteiger partial charge in [-0.2, -0.15) is 4.72 Å². The minimum Gasteiger partial charge on any atom is -0.446 e. The fourth-order valence-corrected chi connectivity index (χ4v) is 3.45. The lowest BCUT2D eigenvalue weighted by Crippen LogP contribution is -2.36. The molecule has 0 aromatic heterocycles. The number of rotatable bonds is 8. The van der Waals surface area contributed by atoms with E-state index in [1.807, 2.05) is 0 Å². The van der Waals surface area contributed by atoms with Crippen LogP contribution in [-0.2, 0) is 24.3 Å². The van der Waals surface area contributed by atoms with Crippen LogP contribution in [0.5, 0.6) is 0 Å². The maximum atomic E-state index is 13.2. The molecule has 1 fully saturated rings. The van der Waals surface area contributed by atoms with Crippen LogP contribution in [0.3, 0.4) is 0 Å². The van der Waals surface area contributed by atoms with Crippen molar-refractivity contribution >= 4 is 21.9 Å². The second-order valence-corrected chi connectivity index (χ2v) is 8.11. The summed E-state index contributed by atoms with van der Waals surface area (Å²) < 4.78 is 44.8. The predicted molar refractivity (Wildman–Crippen MR) is 98.0 cm³/mol. The number of hydrogen-bond donors (Lipinski definition) is 2. The van der Waals surface area contributed by atoms with E-state index in [0.29, 0.717) is 5.56 Å². The van der Waals surface area contributed by atoms with Crippen LogP contribution in [0.2, 0.25) is 0 Å². The number of carbonyl (C=O) groups is 2. The number of hydrogen-bond acceptors (Lipinski definition) is 5. The highest BCUT2D eigenvalue weighted by molar-refractivity contribution is 7.89. The number of sulfonamides is 1. The van der Waals surface area contributed by atoms with Crippen molar-refractivity contribution in [1.82, 2.24) is 10.0 Å². The highest BCUT2D eigenvalue weighted by Gasteiger charge is 2.31. The summed E-state index contributed by atoms with van der Waals surface area (Å²) in [7, 11) is -4.10. The SMILES string of the molecule is O=C(CNS(=O)(=O)c1cccc(F)c1)O[C@H](C(=O)NC1CC1)c1ccccc1. The molecule has 0 radical (unpaired) electrons. The molecule has 0 spiro atoms. The van der Waals surface area contributed by atoms with Gasteiger partial charge in [0.2, 0.25) is 16.1 Å². The van der Waals surface area contributed by atoms with Crippen molar-refractivity contribution < 1.29 is 27.1 Å². The zero-order valence-corrected chi connectivity index (χ0v) is 15.6. The minimum atomic E-state index is -4.10. The molecule has 2 aromatic rings. The van der Waals surface area contributed by atoms with Gasteiger partial charge in [0, 0.05) is 11.6 Å². The van der Waals surface area contributed by atoms with E-state index in [0.717, 1.165) is 25.0 Å². The van der Waals surface area contributed by atoms with Gasteiger partial charge >= 0.3 is 5.97 Å². The van der Waals surface area contributed by atoms with Gasteiger partial charge in [0.1, 0.15) is 12.4 Å². The lowest BCUT2D eigenvalue weighted by Gasteiger charge is -2.18. The second kappa shape index (κ2) is 8.49. The van der Waals surface area contributed by atoms with Crippen LogP contribution in [0.4, 0.5) is 4.39 Å². The molecule has 2 aromatic carbocycles. The van der Waals surface area contributed by atoms with Crippen molar-refractivity contribution in [3.63, 3.8) is 0 Å². The van der Waals surface area contributed by atoms with Crippen LogP contribution >= 0.6 is 0 Å². The van der Waals surface area contributed by atoms with Crippen molar-refractivity contribution in [3.05, 3.63) is 66.0 Å². The zero-order chi connectivity index (χ0) is 20.1. The first kappa shape index (κ1) is 20.0. The molecular formula is C19H19FN2O5S. The molecule has 1 saturated carbocycles. The molecular weight excluding hydrogens is 387 g/mol. The summed E-state index contributed by atoms with van der Waals surface area (Å²) in [6.07, 6.45) is 0.552. The average molecular weight is 406 g/mol. The molecule has 0 heterocycles. The molecule has 1 amide bonds. The molecule has 3 rings (SSSR count). The van der Waals surface area contributed by atoms with Crippen LogP contribution in [-0.4, -0.2) is 32.9 Å². The third-order valence-corrected chi connectivity index (χ3v) is 5.43. The number of esters is 1. The Labute approximate surface area is 161 Å². The number of benzene rings is 2. The molecule has 2 N–H and O–H groups in total. The molecule has 148 valence electrons. The van der Waals surface area contributed by atoms with E-state index >= 15 is 0 Å². The number of amides is 1. The zero-order valence-electron chi connectivity index (χ0n) is 14.8. The third kappa shape index (κ3) is 5.37. The van der Waals surface area contributed by atoms with Crippen LogP contribution in [0.15, 0.2) is 59.5 Å². The van der Waals surface area contributed by atoms with Crippen LogP contribution in [0.1, 0.15) is 24.5 Å². The lowest BCUT2D eigenvalue weighted by molar-refractivity contribution is -0.155. The van der Waals surface area contributed by atoms with Crippen LogP contribution in [0, 0.1) is 5.82 Å². The van der Waals surface area contributed by atoms with Crippen molar-refractivity contribution in [1.29, 1.82) is 0 Å². The first-order valence-electron chi connectivity index (χ1n) is 8.65. The standard InChI is InChI=1S/C19H19FN2O5S/c20-14-7-4-8-16(11-14)28(25,26)21-12-17(23)27-18(13-5-2-1-3-6-13)19(24)22-15-9-10-15/h1-8,11,15,18,21H,9-10,12H2,(H,22,24)/t18-/m0/s1. The van der Waals surface area contributed by atoms with Gasteiger partial charge in [-0.1, -0.05) is 36.4 Å². The molecule has 9 heteroatoms. The fraction of sp³-hybridized carbons (Fsp3) is 0.263. The summed E-state index contributed by atoms with van der Waals surface area (Å²) in [6.45, 7) is -0.696. The van der Waals surface area contributed by atoms with E-state index in [1.54, 1.807) is 30.3 Å². The first-order chi connectivity index (χ1) is 13.3. The van der Waals surface area contributed by atoms with E-state index in [1.165, 1.54) is 12.1 Å². The van der Waals surface area contributed by atoms with Gasteiger partial charge in [0.15, 0.2) is 0 Å². The Morgan fingerprint density at radius 1 is 1.11 bits per heavy atom. The number of halogens is 1. The van der Waals surface area contributed by atoms with Gasteiger partial charge in [0.05, 0.1) is 4.90 Å². The predicted octanol–water partition coefficient (Wildman–Crippen LogP) is 1.67. The fourth-order valence-electron chi connectivity index (χ4n) is 2.45. The Morgan fingerprint density at radius 2 is 1.82 bits per heavy atom. The molecule has 1 aliphatic rings. The molecule has 1 aliphatic carbocycles. The highest BCUT2D eigenvalue weighted by Crippen LogP contribution is 2.23. The molecule has 0 saturated heterocycles. The Hall–Kier alpha value is -2.78. The second-order valence-electron chi connectivity index (χ2n) is 6.35. The van der Waals surface area contributed by atoms with E-state index in [2.05, 4.69) is 10.0 Å². The monoisotopic (exact) mass is 406 g/mol. The van der Waals surface area contributed by atoms with Gasteiger partial charge in [-0.05, 0) is 31.0 Å². The van der Waals surface area contributed by atoms with Gasteiger partial charge in [-0.15, -0.1) is 0 Å². The quantitative estimate of drug-likeness (QED) is 0.650. The average Bonchev–Trinajstić information content (AvgIpc) is 3.49. The van der Waals surface area contributed by atoms with Gasteiger partial charge in [0.25, 0.3) is 5.91 Å². The molecule has 0 aliphatic heterocycles. The van der Waals surface area contributed by atoms with Crippen molar-refractivity contribution in [2.75, 3.05) is 6.54 Å². The summed E-state index contributed by atoms with van der Waals surface area (Å²) >= 11 is 0. The number of carbonyl (C=O) groups excluding carboxylic acids is 2. The third-order valence-electron chi connectivity index (χ3n) is 4.03. The van der Waals surface area contributed by atoms with E-state index in [4.69, 9.17) is 4.74 Å². The first-order valence-corrected chi connectivity index (χ1v) is 10.1. The number of ether oxygens (including phenoxy) is 1. The van der Waals surface area contributed by atoms with E-state index in [9.17, 15) is 22.4 Å². The maximum absolute atomic E-state index is 13.2. The molecule has 0 unspecified atom stereocenters. The Balaban J connectivity index is 1.65. The topological polar surface area (TPSA) is 102 Å². The van der Waals surface area contributed by atoms with Crippen LogP contribution in [0.25, 0.3) is 0 Å². The van der Waals surface area contributed by atoms with Gasteiger partial charge in [-0.25, -0.2) is 12.8 Å². The molecule has 0 bridgehead atoms. The normalized spacial score (nSPS) is 14.9. The summed E-state index contributed by atoms with van der Waals surface area (Å²) in [5.74, 6) is -2.11. The minimum absolute atomic E-state index is 0.0731. The smallest absolute Gasteiger partial charge is 0.322 e. The van der Waals surface area contributed by atoms with Crippen molar-refractivity contribution in [2.45, 2.75) is 29.9 Å². The van der Waals surface area contributed by atoms with Gasteiger partial charge < -0.3 is 10.1 Å². The van der Waals surface area contributed by atoms with E-state index < -0.39 is 40.4 Å². The number of nitrogens with one attached hydrogen (secondary N) is 2. The van der Waals surface area contributed by atoms with Crippen LogP contribution < -0.4 is 10.0 Å². The van der Waals surface area contributed by atoms with Gasteiger partial charge in [-0.3, -0.25) is 9.59 Å². The highest BCUT2D eigenvalue weighted by atomic mass is 32.2. The Bertz CT molecular complexity index is 961.